The van der Waals surface area contributed by atoms with E-state index in [0.717, 1.165) is 6.07 Å². The van der Waals surface area contributed by atoms with Gasteiger partial charge in [-0.25, -0.2) is 22.5 Å². The number of nitrogens with one attached hydrogen (secondary N) is 1. The van der Waals surface area contributed by atoms with Gasteiger partial charge in [0.15, 0.2) is 11.6 Å². The zero-order valence-electron chi connectivity index (χ0n) is 10.0. The van der Waals surface area contributed by atoms with Crippen LogP contribution in [0.2, 0.25) is 0 Å². The third-order valence-electron chi connectivity index (χ3n) is 3.01. The van der Waals surface area contributed by atoms with Crippen LogP contribution in [0.3, 0.4) is 0 Å². The minimum Gasteiger partial charge on any atom is -0.339 e. The Morgan fingerprint density at radius 3 is 2.50 bits per heavy atom. The van der Waals surface area contributed by atoms with Gasteiger partial charge in [0.05, 0.1) is 0 Å². The lowest BCUT2D eigenvalue weighted by molar-refractivity contribution is 0.151. The normalized spacial score (nSPS) is 11.4. The minimum atomic E-state index is -2.90. The number of aromatic nitrogens is 2. The second-order valence-corrected chi connectivity index (χ2v) is 4.28. The summed E-state index contributed by atoms with van der Waals surface area (Å²) in [5.74, 6) is -2.46. The minimum absolute atomic E-state index is 0.0723. The number of hydrogen-bond donors (Lipinski definition) is 1. The van der Waals surface area contributed by atoms with Crippen LogP contribution in [0.1, 0.15) is 12.0 Å². The first-order valence-electron chi connectivity index (χ1n) is 5.77. The summed E-state index contributed by atoms with van der Waals surface area (Å²) < 4.78 is 52.3. The lowest BCUT2D eigenvalue weighted by atomic mass is 10.0. The Kier molecular flexibility index (Phi) is 2.93. The van der Waals surface area contributed by atoms with E-state index in [9.17, 15) is 17.6 Å². The molecule has 0 fully saturated rings. The number of nitrogens with zero attached hydrogens (tertiary/aromatic N) is 1. The van der Waals surface area contributed by atoms with Crippen LogP contribution in [-0.2, 0) is 0 Å². The Morgan fingerprint density at radius 2 is 1.80 bits per heavy atom. The van der Waals surface area contributed by atoms with Gasteiger partial charge in [-0.2, -0.15) is 0 Å². The van der Waals surface area contributed by atoms with Crippen molar-refractivity contribution in [3.8, 4) is 11.3 Å². The smallest absolute Gasteiger partial charge is 0.264 e. The molecule has 102 valence electrons. The molecule has 0 bridgehead atoms. The summed E-state index contributed by atoms with van der Waals surface area (Å²) in [6, 6.07) is 6.29. The van der Waals surface area contributed by atoms with Crippen LogP contribution >= 0.6 is 0 Å². The molecule has 2 nitrogen and oxygen atoms in total. The highest BCUT2D eigenvalue weighted by atomic mass is 19.3. The lowest BCUT2D eigenvalue weighted by Crippen LogP contribution is -1.95. The Balaban J connectivity index is 2.24. The predicted molar refractivity (Wildman–Crippen MR) is 66.4 cm³/mol. The number of hydrogen-bond acceptors (Lipinski definition) is 1. The number of halogens is 4. The van der Waals surface area contributed by atoms with Crippen molar-refractivity contribution < 1.29 is 17.6 Å². The molecule has 0 amide bonds. The predicted octanol–water partition coefficient (Wildman–Crippen LogP) is 4.45. The zero-order chi connectivity index (χ0) is 14.3. The maximum atomic E-state index is 13.3. The maximum Gasteiger partial charge on any atom is 0.264 e. The molecule has 0 spiro atoms. The van der Waals surface area contributed by atoms with Crippen molar-refractivity contribution in [2.75, 3.05) is 0 Å². The van der Waals surface area contributed by atoms with Gasteiger partial charge in [0.2, 0.25) is 0 Å². The summed E-state index contributed by atoms with van der Waals surface area (Å²) in [6.07, 6.45) is -1.36. The molecule has 0 aliphatic carbocycles. The van der Waals surface area contributed by atoms with Gasteiger partial charge in [-0.3, -0.25) is 0 Å². The van der Waals surface area contributed by atoms with E-state index >= 15 is 0 Å². The van der Waals surface area contributed by atoms with E-state index < -0.39 is 23.6 Å². The Bertz CT molecular complexity index is 747. The number of benzene rings is 1. The molecule has 3 rings (SSSR count). The average molecular weight is 280 g/mol. The summed E-state index contributed by atoms with van der Waals surface area (Å²) >= 11 is 0. The van der Waals surface area contributed by atoms with Crippen LogP contribution in [0.15, 0.2) is 36.5 Å². The molecule has 0 atom stereocenters. The van der Waals surface area contributed by atoms with Crippen LogP contribution in [0.25, 0.3) is 22.3 Å². The first-order chi connectivity index (χ1) is 9.56. The Labute approximate surface area is 111 Å². The molecule has 3 aromatic rings. The molecule has 0 unspecified atom stereocenters. The van der Waals surface area contributed by atoms with Gasteiger partial charge in [0, 0.05) is 28.4 Å². The number of H-pyrrole nitrogens is 1. The molecule has 0 radical (unpaired) electrons. The maximum absolute atomic E-state index is 13.3. The molecule has 1 N–H and O–H groups in total. The van der Waals surface area contributed by atoms with E-state index in [0.29, 0.717) is 17.1 Å². The number of aromatic amines is 1. The summed E-state index contributed by atoms with van der Waals surface area (Å²) in [5.41, 5.74) is 0.132. The lowest BCUT2D eigenvalue weighted by Gasteiger charge is -2.08. The molecule has 0 saturated carbocycles. The molecule has 1 aromatic carbocycles. The Hall–Kier alpha value is -2.37. The molecule has 2 aromatic heterocycles. The second kappa shape index (κ2) is 4.63. The van der Waals surface area contributed by atoms with E-state index in [1.807, 2.05) is 0 Å². The van der Waals surface area contributed by atoms with E-state index in [1.165, 1.54) is 0 Å². The summed E-state index contributed by atoms with van der Waals surface area (Å²) in [7, 11) is 0. The topological polar surface area (TPSA) is 28.7 Å². The molecule has 20 heavy (non-hydrogen) atoms. The zero-order valence-corrected chi connectivity index (χ0v) is 10.0. The molecule has 0 aliphatic heterocycles. The van der Waals surface area contributed by atoms with Crippen molar-refractivity contribution in [3.05, 3.63) is 53.7 Å². The molecule has 0 aliphatic rings. The van der Waals surface area contributed by atoms with Crippen molar-refractivity contribution >= 4 is 11.0 Å². The standard InChI is InChI=1S/C14H8F4N2/c15-10-5-8(9(13(17)18)6-11(10)16)12-4-7-2-1-3-19-14(7)20-12/h1-6,13H,(H,19,20). The van der Waals surface area contributed by atoms with Crippen LogP contribution in [0, 0.1) is 11.6 Å². The van der Waals surface area contributed by atoms with Gasteiger partial charge in [-0.05, 0) is 30.3 Å². The molecular weight excluding hydrogens is 272 g/mol. The van der Waals surface area contributed by atoms with Crippen molar-refractivity contribution in [3.63, 3.8) is 0 Å². The highest BCUT2D eigenvalue weighted by molar-refractivity contribution is 5.83. The fourth-order valence-electron chi connectivity index (χ4n) is 2.08. The van der Waals surface area contributed by atoms with Crippen molar-refractivity contribution in [1.29, 1.82) is 0 Å². The van der Waals surface area contributed by atoms with Crippen LogP contribution in [0.4, 0.5) is 17.6 Å². The first kappa shape index (κ1) is 12.7. The summed E-state index contributed by atoms with van der Waals surface area (Å²) in [5, 5.41) is 0.701. The highest BCUT2D eigenvalue weighted by Crippen LogP contribution is 2.33. The van der Waals surface area contributed by atoms with Gasteiger partial charge in [-0.15, -0.1) is 0 Å². The number of pyridine rings is 1. The van der Waals surface area contributed by atoms with E-state index in [2.05, 4.69) is 9.97 Å². The van der Waals surface area contributed by atoms with Gasteiger partial charge in [-0.1, -0.05) is 0 Å². The van der Waals surface area contributed by atoms with Crippen LogP contribution in [-0.4, -0.2) is 9.97 Å². The molecular formula is C14H8F4N2. The summed E-state index contributed by atoms with van der Waals surface area (Å²) in [4.78, 5) is 6.85. The molecule has 2 heterocycles. The van der Waals surface area contributed by atoms with Crippen LogP contribution in [0.5, 0.6) is 0 Å². The van der Waals surface area contributed by atoms with Crippen molar-refractivity contribution in [2.45, 2.75) is 6.43 Å². The number of fused-ring (bicyclic) bond motifs is 1. The van der Waals surface area contributed by atoms with Gasteiger partial charge < -0.3 is 4.98 Å². The molecule has 0 saturated heterocycles. The quantitative estimate of drug-likeness (QED) is 0.690. The molecule has 6 heteroatoms. The fourth-order valence-corrected chi connectivity index (χ4v) is 2.08. The van der Waals surface area contributed by atoms with Gasteiger partial charge >= 0.3 is 0 Å². The summed E-state index contributed by atoms with van der Waals surface area (Å²) in [6.45, 7) is 0. The third-order valence-corrected chi connectivity index (χ3v) is 3.01. The first-order valence-corrected chi connectivity index (χ1v) is 5.77. The largest absolute Gasteiger partial charge is 0.339 e. The van der Waals surface area contributed by atoms with E-state index in [4.69, 9.17) is 0 Å². The number of rotatable bonds is 2. The second-order valence-electron chi connectivity index (χ2n) is 4.28. The monoisotopic (exact) mass is 280 g/mol. The van der Waals surface area contributed by atoms with Crippen LogP contribution < -0.4 is 0 Å². The van der Waals surface area contributed by atoms with Crippen molar-refractivity contribution in [2.24, 2.45) is 0 Å². The Morgan fingerprint density at radius 1 is 1.05 bits per heavy atom. The van der Waals surface area contributed by atoms with Gasteiger partial charge in [0.1, 0.15) is 5.65 Å². The van der Waals surface area contributed by atoms with E-state index in [1.54, 1.807) is 24.4 Å². The van der Waals surface area contributed by atoms with Gasteiger partial charge in [0.25, 0.3) is 6.43 Å². The fraction of sp³-hybridized carbons (Fsp3) is 0.0714. The van der Waals surface area contributed by atoms with E-state index in [-0.39, 0.29) is 11.3 Å². The highest BCUT2D eigenvalue weighted by Gasteiger charge is 2.19. The third kappa shape index (κ3) is 2.03. The average Bonchev–Trinajstić information content (AvgIpc) is 2.84. The number of alkyl halides is 2. The van der Waals surface area contributed by atoms with Crippen molar-refractivity contribution in [1.82, 2.24) is 9.97 Å². The SMILES string of the molecule is Fc1cc(-c2cc3cccnc3[nH]2)c(C(F)F)cc1F.